The van der Waals surface area contributed by atoms with Crippen LogP contribution in [0.2, 0.25) is 0 Å². The Morgan fingerprint density at radius 1 is 0.526 bits per heavy atom. The minimum atomic E-state index is -4.79. The Kier molecular flexibility index (Phi) is 7.60. The van der Waals surface area contributed by atoms with Gasteiger partial charge in [-0.15, -0.1) is 0 Å². The maximum Gasteiger partial charge on any atom is 0.126 e. The van der Waals surface area contributed by atoms with Crippen LogP contribution in [0.25, 0.3) is 0 Å². The highest BCUT2D eigenvalue weighted by Crippen LogP contribution is 2.31. The molecule has 0 aromatic heterocycles. The van der Waals surface area contributed by atoms with Gasteiger partial charge in [-0.3, -0.25) is 0 Å². The predicted molar refractivity (Wildman–Crippen MR) is 146 cm³/mol. The van der Waals surface area contributed by atoms with Crippen molar-refractivity contribution in [3.05, 3.63) is 90.5 Å². The predicted octanol–water partition coefficient (Wildman–Crippen LogP) is 5.08. The fourth-order valence-electron chi connectivity index (χ4n) is 3.68. The zero-order chi connectivity index (χ0) is 27.5. The van der Waals surface area contributed by atoms with E-state index >= 15 is 0 Å². The van der Waals surface area contributed by atoms with E-state index < -0.39 is 25.1 Å². The van der Waals surface area contributed by atoms with Crippen LogP contribution < -0.4 is 21.3 Å². The summed E-state index contributed by atoms with van der Waals surface area (Å²) in [4.78, 5) is -0.762. The summed E-state index contributed by atoms with van der Waals surface area (Å²) in [6, 6.07) is 22.6. The Hall–Kier alpha value is -4.10. The molecule has 198 valence electrons. The second-order valence-corrected chi connectivity index (χ2v) is 11.1. The van der Waals surface area contributed by atoms with Crippen LogP contribution in [0, 0.1) is 6.92 Å². The highest BCUT2D eigenvalue weighted by molar-refractivity contribution is 7.86. The van der Waals surface area contributed by atoms with Gasteiger partial charge in [0.1, 0.15) is 20.2 Å². The lowest BCUT2D eigenvalue weighted by molar-refractivity contribution is 0.461. The van der Waals surface area contributed by atoms with E-state index in [-0.39, 0.29) is 16.3 Å². The highest BCUT2D eigenvalue weighted by Gasteiger charge is 2.12. The molecule has 4 N–H and O–H groups in total. The third-order valence-electron chi connectivity index (χ3n) is 5.56. The fourth-order valence-corrected chi connectivity index (χ4v) is 5.06. The third-order valence-corrected chi connectivity index (χ3v) is 7.32. The summed E-state index contributed by atoms with van der Waals surface area (Å²) < 4.78 is 70.8. The number of nitrogens with one attached hydrogen (secondary N) is 4. The maximum absolute atomic E-state index is 12.0. The van der Waals surface area contributed by atoms with Crippen LogP contribution in [0.15, 0.2) is 94.7 Å². The molecule has 0 unspecified atom stereocenters. The maximum atomic E-state index is 12.0. The molecule has 0 saturated heterocycles. The van der Waals surface area contributed by atoms with Crippen molar-refractivity contribution in [2.45, 2.75) is 16.7 Å². The van der Waals surface area contributed by atoms with Gasteiger partial charge < -0.3 is 30.4 Å². The standard InChI is InChI=1S/C26H26N4O6S2/c1-17-3-13-23(25(15-17)37(31,32)33)29-21-10-8-19(9-11-21)28-22-12-14-24(26(16-22)38(34,35)36)30-20-6-4-18(27-2)5-7-20/h3-16,27-30H,1-2H3,(H,31,32,33)(H,34,35,36)/p-2. The Morgan fingerprint density at radius 2 is 0.921 bits per heavy atom. The molecule has 0 aliphatic heterocycles. The van der Waals surface area contributed by atoms with E-state index in [1.165, 1.54) is 24.3 Å². The minimum absolute atomic E-state index is 0.143. The first-order valence-electron chi connectivity index (χ1n) is 11.3. The molecular formula is C26H24N4O6S2-2. The van der Waals surface area contributed by atoms with Gasteiger partial charge in [0.25, 0.3) is 0 Å². The molecule has 0 atom stereocenters. The topological polar surface area (TPSA) is 163 Å². The molecule has 4 aromatic rings. The SMILES string of the molecule is CNc1ccc(Nc2ccc(Nc3ccc(Nc4ccc(C)cc4S(=O)(=O)[O-])cc3)cc2S(=O)(=O)[O-])cc1. The molecule has 0 aliphatic carbocycles. The average Bonchev–Trinajstić information content (AvgIpc) is 2.86. The summed E-state index contributed by atoms with van der Waals surface area (Å²) in [6.07, 6.45) is 0. The van der Waals surface area contributed by atoms with E-state index in [0.717, 1.165) is 5.69 Å². The Morgan fingerprint density at radius 3 is 1.39 bits per heavy atom. The molecule has 4 aromatic carbocycles. The third kappa shape index (κ3) is 6.61. The van der Waals surface area contributed by atoms with E-state index in [0.29, 0.717) is 28.3 Å². The fraction of sp³-hybridized carbons (Fsp3) is 0.0769. The van der Waals surface area contributed by atoms with E-state index in [1.807, 2.05) is 0 Å². The normalized spacial score (nSPS) is 11.6. The van der Waals surface area contributed by atoms with Gasteiger partial charge in [-0.1, -0.05) is 6.07 Å². The van der Waals surface area contributed by atoms with Crippen LogP contribution in [0.1, 0.15) is 5.56 Å². The van der Waals surface area contributed by atoms with Gasteiger partial charge in [-0.05, 0) is 91.3 Å². The molecule has 38 heavy (non-hydrogen) atoms. The second kappa shape index (κ2) is 10.7. The molecule has 0 heterocycles. The van der Waals surface area contributed by atoms with Crippen molar-refractivity contribution in [3.8, 4) is 0 Å². The number of aryl methyl sites for hydroxylation is 1. The van der Waals surface area contributed by atoms with Crippen molar-refractivity contribution >= 4 is 60.0 Å². The van der Waals surface area contributed by atoms with Gasteiger partial charge in [0, 0.05) is 35.5 Å². The van der Waals surface area contributed by atoms with Gasteiger partial charge >= 0.3 is 0 Å². The number of hydrogen-bond acceptors (Lipinski definition) is 10. The molecule has 0 fully saturated rings. The molecule has 10 nitrogen and oxygen atoms in total. The van der Waals surface area contributed by atoms with Gasteiger partial charge in [-0.2, -0.15) is 0 Å². The van der Waals surface area contributed by atoms with Gasteiger partial charge in [0.15, 0.2) is 0 Å². The summed E-state index contributed by atoms with van der Waals surface area (Å²) in [6.45, 7) is 1.69. The zero-order valence-corrected chi connectivity index (χ0v) is 22.0. The molecule has 0 spiro atoms. The lowest BCUT2D eigenvalue weighted by atomic mass is 10.2. The van der Waals surface area contributed by atoms with Crippen molar-refractivity contribution in [3.63, 3.8) is 0 Å². The van der Waals surface area contributed by atoms with Crippen molar-refractivity contribution in [1.82, 2.24) is 0 Å². The largest absolute Gasteiger partial charge is 0.744 e. The molecular weight excluding hydrogens is 528 g/mol. The molecule has 0 amide bonds. The molecule has 0 aliphatic rings. The van der Waals surface area contributed by atoms with Crippen LogP contribution in [-0.2, 0) is 20.2 Å². The molecule has 4 rings (SSSR count). The summed E-state index contributed by atoms with van der Waals surface area (Å²) in [5.74, 6) is 0. The van der Waals surface area contributed by atoms with Crippen molar-refractivity contribution in [2.75, 3.05) is 28.3 Å². The summed E-state index contributed by atoms with van der Waals surface area (Å²) in [5, 5.41) is 11.9. The first-order valence-corrected chi connectivity index (χ1v) is 14.1. The Labute approximate surface area is 221 Å². The summed E-state index contributed by atoms with van der Waals surface area (Å²) in [7, 11) is -7.69. The van der Waals surface area contributed by atoms with E-state index in [1.54, 1.807) is 74.6 Å². The summed E-state index contributed by atoms with van der Waals surface area (Å²) >= 11 is 0. The number of anilines is 7. The number of benzene rings is 4. The van der Waals surface area contributed by atoms with Crippen LogP contribution in [0.4, 0.5) is 39.8 Å². The zero-order valence-electron chi connectivity index (χ0n) is 20.3. The van der Waals surface area contributed by atoms with Gasteiger partial charge in [0.05, 0.1) is 21.2 Å². The first-order chi connectivity index (χ1) is 17.9. The van der Waals surface area contributed by atoms with Crippen LogP contribution in [0.5, 0.6) is 0 Å². The lowest BCUT2D eigenvalue weighted by Gasteiger charge is -2.18. The number of rotatable bonds is 9. The molecule has 0 radical (unpaired) electrons. The van der Waals surface area contributed by atoms with Crippen molar-refractivity contribution in [2.24, 2.45) is 0 Å². The molecule has 0 saturated carbocycles. The highest BCUT2D eigenvalue weighted by atomic mass is 32.2. The molecule has 12 heteroatoms. The second-order valence-electron chi connectivity index (χ2n) is 8.40. The lowest BCUT2D eigenvalue weighted by Crippen LogP contribution is -2.05. The van der Waals surface area contributed by atoms with E-state index in [9.17, 15) is 25.9 Å². The minimum Gasteiger partial charge on any atom is -0.744 e. The summed E-state index contributed by atoms with van der Waals surface area (Å²) in [5.41, 5.74) is 3.89. The van der Waals surface area contributed by atoms with Crippen LogP contribution in [0.3, 0.4) is 0 Å². The van der Waals surface area contributed by atoms with Crippen LogP contribution in [-0.4, -0.2) is 33.0 Å². The van der Waals surface area contributed by atoms with Crippen LogP contribution >= 0.6 is 0 Å². The van der Waals surface area contributed by atoms with E-state index in [4.69, 9.17) is 0 Å². The smallest absolute Gasteiger partial charge is 0.126 e. The number of hydrogen-bond donors (Lipinski definition) is 4. The van der Waals surface area contributed by atoms with Crippen molar-refractivity contribution < 1.29 is 25.9 Å². The average molecular weight is 553 g/mol. The Bertz CT molecular complexity index is 1670. The quantitative estimate of drug-likeness (QED) is 0.206. The van der Waals surface area contributed by atoms with Gasteiger partial charge in [0.2, 0.25) is 0 Å². The molecule has 0 bridgehead atoms. The van der Waals surface area contributed by atoms with Crippen molar-refractivity contribution in [1.29, 1.82) is 0 Å². The van der Waals surface area contributed by atoms with Gasteiger partial charge in [-0.25, -0.2) is 16.8 Å². The first kappa shape index (κ1) is 26.9. The van der Waals surface area contributed by atoms with E-state index in [2.05, 4.69) is 21.3 Å². The Balaban J connectivity index is 1.53. The monoisotopic (exact) mass is 552 g/mol.